The fourth-order valence-electron chi connectivity index (χ4n) is 1.49. The average Bonchev–Trinajstić information content (AvgIpc) is 2.83. The molecule has 1 heterocycles. The van der Waals surface area contributed by atoms with Crippen molar-refractivity contribution in [3.05, 3.63) is 21.9 Å². The minimum atomic E-state index is -0.537. The third-order valence-corrected chi connectivity index (χ3v) is 3.93. The lowest BCUT2D eigenvalue weighted by Gasteiger charge is -2.09. The predicted octanol–water partition coefficient (Wildman–Crippen LogP) is 1.63. The van der Waals surface area contributed by atoms with Crippen LogP contribution in [0.25, 0.3) is 0 Å². The predicted molar refractivity (Wildman–Crippen MR) is 69.2 cm³/mol. The number of rotatable bonds is 4. The minimum Gasteiger partial charge on any atom is -0.354 e. The van der Waals surface area contributed by atoms with Gasteiger partial charge in [0.25, 0.3) is 0 Å². The van der Waals surface area contributed by atoms with E-state index in [0.717, 1.165) is 19.3 Å². The van der Waals surface area contributed by atoms with Crippen LogP contribution in [0.1, 0.15) is 23.3 Å². The molecule has 0 unspecified atom stereocenters. The second kappa shape index (κ2) is 5.17. The fourth-order valence-corrected chi connectivity index (χ4v) is 2.40. The first-order valence-corrected chi connectivity index (χ1v) is 6.10. The fraction of sp³-hybridized carbons (Fsp3) is 0.545. The van der Waals surface area contributed by atoms with Gasteiger partial charge >= 0.3 is 0 Å². The van der Waals surface area contributed by atoms with Crippen LogP contribution >= 0.6 is 23.7 Å². The SMILES string of the molecule is Cc1ccsc1CCNC(=O)C1(N)CC1.Cl. The van der Waals surface area contributed by atoms with Gasteiger partial charge in [0.15, 0.2) is 0 Å². The standard InChI is InChI=1S/C11H16N2OS.ClH/c1-8-3-7-15-9(8)2-6-13-10(14)11(12)4-5-11;/h3,7H,2,4-6,12H2,1H3,(H,13,14);1H. The molecule has 5 heteroatoms. The Morgan fingerprint density at radius 2 is 2.31 bits per heavy atom. The molecule has 1 fully saturated rings. The van der Waals surface area contributed by atoms with Crippen LogP contribution in [0.15, 0.2) is 11.4 Å². The molecule has 3 N–H and O–H groups in total. The molecule has 3 nitrogen and oxygen atoms in total. The van der Waals surface area contributed by atoms with Crippen molar-refractivity contribution in [3.8, 4) is 0 Å². The van der Waals surface area contributed by atoms with Crippen molar-refractivity contribution in [2.75, 3.05) is 6.54 Å². The van der Waals surface area contributed by atoms with Crippen molar-refractivity contribution in [1.29, 1.82) is 0 Å². The summed E-state index contributed by atoms with van der Waals surface area (Å²) in [6, 6.07) is 2.10. The molecule has 1 aliphatic carbocycles. The third-order valence-electron chi connectivity index (χ3n) is 2.85. The summed E-state index contributed by atoms with van der Waals surface area (Å²) in [6.45, 7) is 2.79. The number of carbonyl (C=O) groups is 1. The maximum absolute atomic E-state index is 11.5. The largest absolute Gasteiger partial charge is 0.354 e. The topological polar surface area (TPSA) is 55.1 Å². The normalized spacial score (nSPS) is 16.4. The Kier molecular flexibility index (Phi) is 4.35. The lowest BCUT2D eigenvalue weighted by Crippen LogP contribution is -2.43. The highest BCUT2D eigenvalue weighted by molar-refractivity contribution is 7.10. The second-order valence-electron chi connectivity index (χ2n) is 4.19. The van der Waals surface area contributed by atoms with Gasteiger partial charge in [-0.25, -0.2) is 0 Å². The van der Waals surface area contributed by atoms with Crippen LogP contribution in [-0.4, -0.2) is 18.0 Å². The number of halogens is 1. The zero-order valence-electron chi connectivity index (χ0n) is 9.29. The van der Waals surface area contributed by atoms with Crippen LogP contribution in [0.3, 0.4) is 0 Å². The summed E-state index contributed by atoms with van der Waals surface area (Å²) in [5.74, 6) is 0.0108. The van der Waals surface area contributed by atoms with Gasteiger partial charge in [-0.2, -0.15) is 0 Å². The van der Waals surface area contributed by atoms with Crippen LogP contribution in [0.2, 0.25) is 0 Å². The number of carbonyl (C=O) groups excluding carboxylic acids is 1. The number of hydrogen-bond donors (Lipinski definition) is 2. The van der Waals surface area contributed by atoms with E-state index in [0.29, 0.717) is 6.54 Å². The summed E-state index contributed by atoms with van der Waals surface area (Å²) < 4.78 is 0. The first-order chi connectivity index (χ1) is 7.12. The van der Waals surface area contributed by atoms with Crippen LogP contribution in [0.4, 0.5) is 0 Å². The lowest BCUT2D eigenvalue weighted by molar-refractivity contribution is -0.123. The van der Waals surface area contributed by atoms with Gasteiger partial charge in [0.2, 0.25) is 5.91 Å². The van der Waals surface area contributed by atoms with E-state index in [1.807, 2.05) is 0 Å². The Labute approximate surface area is 106 Å². The summed E-state index contributed by atoms with van der Waals surface area (Å²) in [5, 5.41) is 4.97. The van der Waals surface area contributed by atoms with Gasteiger partial charge in [-0.05, 0) is 43.2 Å². The average molecular weight is 261 g/mol. The molecule has 1 saturated carbocycles. The number of nitrogens with two attached hydrogens (primary N) is 1. The van der Waals surface area contributed by atoms with Gasteiger partial charge in [-0.3, -0.25) is 4.79 Å². The highest BCUT2D eigenvalue weighted by Crippen LogP contribution is 2.32. The minimum absolute atomic E-state index is 0. The first kappa shape index (κ1) is 13.5. The first-order valence-electron chi connectivity index (χ1n) is 5.22. The van der Waals surface area contributed by atoms with E-state index in [9.17, 15) is 4.79 Å². The van der Waals surface area contributed by atoms with E-state index in [1.54, 1.807) is 11.3 Å². The van der Waals surface area contributed by atoms with Crippen molar-refractivity contribution >= 4 is 29.7 Å². The van der Waals surface area contributed by atoms with Gasteiger partial charge in [-0.15, -0.1) is 23.7 Å². The molecule has 90 valence electrons. The van der Waals surface area contributed by atoms with Crippen molar-refractivity contribution in [2.45, 2.75) is 31.7 Å². The Morgan fingerprint density at radius 1 is 1.62 bits per heavy atom. The Balaban J connectivity index is 0.00000128. The van der Waals surface area contributed by atoms with Gasteiger partial charge in [0, 0.05) is 11.4 Å². The molecule has 1 aromatic rings. The smallest absolute Gasteiger partial charge is 0.240 e. The van der Waals surface area contributed by atoms with Crippen molar-refractivity contribution in [2.24, 2.45) is 5.73 Å². The molecule has 0 spiro atoms. The molecule has 1 amide bonds. The third kappa shape index (κ3) is 2.97. The van der Waals surface area contributed by atoms with Gasteiger partial charge < -0.3 is 11.1 Å². The Hall–Kier alpha value is -0.580. The molecular weight excluding hydrogens is 244 g/mol. The molecule has 16 heavy (non-hydrogen) atoms. The summed E-state index contributed by atoms with van der Waals surface area (Å²) in [7, 11) is 0. The molecule has 0 radical (unpaired) electrons. The van der Waals surface area contributed by atoms with Gasteiger partial charge in [0.05, 0.1) is 5.54 Å². The molecular formula is C11H17ClN2OS. The maximum Gasteiger partial charge on any atom is 0.240 e. The zero-order chi connectivity index (χ0) is 10.9. The Bertz CT molecular complexity index is 374. The molecule has 1 aromatic heterocycles. The number of aryl methyl sites for hydroxylation is 1. The van der Waals surface area contributed by atoms with E-state index >= 15 is 0 Å². The molecule has 0 aliphatic heterocycles. The number of hydrogen-bond acceptors (Lipinski definition) is 3. The number of amides is 1. The summed E-state index contributed by atoms with van der Waals surface area (Å²) in [6.07, 6.45) is 2.57. The quantitative estimate of drug-likeness (QED) is 0.865. The van der Waals surface area contributed by atoms with Gasteiger partial charge in [0.1, 0.15) is 0 Å². The molecule has 2 rings (SSSR count). The van der Waals surface area contributed by atoms with E-state index in [2.05, 4.69) is 23.7 Å². The van der Waals surface area contributed by atoms with Crippen molar-refractivity contribution in [3.63, 3.8) is 0 Å². The van der Waals surface area contributed by atoms with Crippen LogP contribution < -0.4 is 11.1 Å². The van der Waals surface area contributed by atoms with E-state index in [-0.39, 0.29) is 18.3 Å². The van der Waals surface area contributed by atoms with Gasteiger partial charge in [-0.1, -0.05) is 0 Å². The van der Waals surface area contributed by atoms with E-state index in [4.69, 9.17) is 5.73 Å². The zero-order valence-corrected chi connectivity index (χ0v) is 10.9. The van der Waals surface area contributed by atoms with E-state index in [1.165, 1.54) is 10.4 Å². The van der Waals surface area contributed by atoms with Crippen molar-refractivity contribution < 1.29 is 4.79 Å². The second-order valence-corrected chi connectivity index (χ2v) is 5.19. The van der Waals surface area contributed by atoms with Crippen LogP contribution in [-0.2, 0) is 11.2 Å². The highest BCUT2D eigenvalue weighted by Gasteiger charge is 2.45. The molecule has 0 atom stereocenters. The number of thiophene rings is 1. The summed E-state index contributed by atoms with van der Waals surface area (Å²) in [4.78, 5) is 12.9. The monoisotopic (exact) mass is 260 g/mol. The maximum atomic E-state index is 11.5. The molecule has 0 saturated heterocycles. The molecule has 1 aliphatic rings. The van der Waals surface area contributed by atoms with E-state index < -0.39 is 5.54 Å². The van der Waals surface area contributed by atoms with Crippen LogP contribution in [0, 0.1) is 6.92 Å². The molecule has 0 bridgehead atoms. The van der Waals surface area contributed by atoms with Crippen molar-refractivity contribution in [1.82, 2.24) is 5.32 Å². The lowest BCUT2D eigenvalue weighted by atomic mass is 10.2. The summed E-state index contributed by atoms with van der Waals surface area (Å²) in [5.41, 5.74) is 6.54. The summed E-state index contributed by atoms with van der Waals surface area (Å²) >= 11 is 1.74. The Morgan fingerprint density at radius 3 is 2.81 bits per heavy atom. The number of nitrogens with one attached hydrogen (secondary N) is 1. The van der Waals surface area contributed by atoms with Crippen LogP contribution in [0.5, 0.6) is 0 Å². The highest BCUT2D eigenvalue weighted by atomic mass is 35.5. The molecule has 0 aromatic carbocycles.